The Kier molecular flexibility index (Phi) is 6.37. The molecule has 2 aromatic rings. The summed E-state index contributed by atoms with van der Waals surface area (Å²) in [7, 11) is -2.40. The lowest BCUT2D eigenvalue weighted by molar-refractivity contribution is -0.385. The van der Waals surface area contributed by atoms with Crippen molar-refractivity contribution in [3.05, 3.63) is 57.6 Å². The lowest BCUT2D eigenvalue weighted by atomic mass is 10.1. The molecule has 2 N–H and O–H groups in total. The third kappa shape index (κ3) is 4.84. The van der Waals surface area contributed by atoms with Crippen LogP contribution in [0.5, 0.6) is 5.75 Å². The monoisotopic (exact) mass is 407 g/mol. The summed E-state index contributed by atoms with van der Waals surface area (Å²) in [5, 5.41) is 13.6. The highest BCUT2D eigenvalue weighted by molar-refractivity contribution is 7.89. The summed E-state index contributed by atoms with van der Waals surface area (Å²) in [6.45, 7) is 4.95. The number of nitro groups is 1. The molecule has 0 atom stereocenters. The van der Waals surface area contributed by atoms with Crippen molar-refractivity contribution in [2.24, 2.45) is 0 Å². The van der Waals surface area contributed by atoms with E-state index in [9.17, 15) is 23.3 Å². The van der Waals surface area contributed by atoms with Crippen LogP contribution >= 0.6 is 0 Å². The van der Waals surface area contributed by atoms with Crippen molar-refractivity contribution in [3.8, 4) is 5.75 Å². The Bertz CT molecular complexity index is 1020. The summed E-state index contributed by atoms with van der Waals surface area (Å²) in [6.07, 6.45) is 0. The Balaban J connectivity index is 2.40. The normalized spacial score (nSPS) is 11.3. The fourth-order valence-corrected chi connectivity index (χ4v) is 3.75. The number of hydrogen-bond acceptors (Lipinski definition) is 6. The first-order valence-electron chi connectivity index (χ1n) is 8.32. The van der Waals surface area contributed by atoms with Crippen LogP contribution in [0.3, 0.4) is 0 Å². The molecule has 0 fully saturated rings. The second-order valence-electron chi connectivity index (χ2n) is 6.35. The third-order valence-electron chi connectivity index (χ3n) is 3.79. The van der Waals surface area contributed by atoms with E-state index in [1.807, 2.05) is 0 Å². The molecule has 0 aliphatic heterocycles. The molecule has 0 radical (unpaired) electrons. The summed E-state index contributed by atoms with van der Waals surface area (Å²) in [5.74, 6) is -0.383. The van der Waals surface area contributed by atoms with Gasteiger partial charge in [0, 0.05) is 23.2 Å². The number of rotatable bonds is 7. The van der Waals surface area contributed by atoms with Gasteiger partial charge >= 0.3 is 0 Å². The molecule has 2 aromatic carbocycles. The summed E-state index contributed by atoms with van der Waals surface area (Å²) < 4.78 is 32.4. The van der Waals surface area contributed by atoms with Crippen LogP contribution in [-0.4, -0.2) is 32.4 Å². The Hall–Kier alpha value is -2.98. The second kappa shape index (κ2) is 8.36. The zero-order valence-electron chi connectivity index (χ0n) is 15.8. The molecule has 0 spiro atoms. The van der Waals surface area contributed by atoms with Crippen molar-refractivity contribution >= 4 is 27.3 Å². The van der Waals surface area contributed by atoms with Crippen LogP contribution < -0.4 is 14.8 Å². The van der Waals surface area contributed by atoms with Crippen LogP contribution in [0.4, 0.5) is 11.4 Å². The molecule has 0 saturated carbocycles. The molecule has 1 amide bonds. The first-order valence-corrected chi connectivity index (χ1v) is 9.80. The Morgan fingerprint density at radius 1 is 1.18 bits per heavy atom. The molecule has 0 unspecified atom stereocenters. The fourth-order valence-electron chi connectivity index (χ4n) is 2.47. The van der Waals surface area contributed by atoms with Crippen molar-refractivity contribution in [1.82, 2.24) is 4.72 Å². The number of nitrogens with one attached hydrogen (secondary N) is 2. The van der Waals surface area contributed by atoms with Crippen molar-refractivity contribution in [2.75, 3.05) is 12.4 Å². The minimum absolute atomic E-state index is 0.0489. The van der Waals surface area contributed by atoms with Gasteiger partial charge in [-0.15, -0.1) is 0 Å². The molecule has 0 heterocycles. The fraction of sp³-hybridized carbons (Fsp3) is 0.278. The van der Waals surface area contributed by atoms with Crippen molar-refractivity contribution < 1.29 is 22.9 Å². The van der Waals surface area contributed by atoms with E-state index in [1.165, 1.54) is 37.4 Å². The number of anilines is 1. The number of nitrogens with zero attached hydrogens (tertiary/aromatic N) is 1. The summed E-state index contributed by atoms with van der Waals surface area (Å²) >= 11 is 0. The standard InChI is InChI=1S/C18H21N3O6S/c1-11(2)20-28(25,26)14-7-8-17(27-4)15(10-14)19-18(22)13-6-5-12(3)16(9-13)21(23)24/h5-11,20H,1-4H3,(H,19,22). The maximum Gasteiger partial charge on any atom is 0.273 e. The van der Waals surface area contributed by atoms with Crippen LogP contribution in [0, 0.1) is 17.0 Å². The molecular formula is C18H21N3O6S. The third-order valence-corrected chi connectivity index (χ3v) is 5.44. The van der Waals surface area contributed by atoms with Crippen molar-refractivity contribution in [3.63, 3.8) is 0 Å². The molecule has 150 valence electrons. The first-order chi connectivity index (χ1) is 13.0. The number of carbonyl (C=O) groups is 1. The highest BCUT2D eigenvalue weighted by Gasteiger charge is 2.20. The van der Waals surface area contributed by atoms with Gasteiger partial charge in [-0.1, -0.05) is 6.07 Å². The smallest absolute Gasteiger partial charge is 0.273 e. The van der Waals surface area contributed by atoms with E-state index in [0.717, 1.165) is 6.07 Å². The summed E-state index contributed by atoms with van der Waals surface area (Å²) in [4.78, 5) is 23.0. The molecule has 0 saturated heterocycles. The lowest BCUT2D eigenvalue weighted by Crippen LogP contribution is -2.30. The van der Waals surface area contributed by atoms with Crippen LogP contribution in [0.1, 0.15) is 29.8 Å². The van der Waals surface area contributed by atoms with Gasteiger partial charge in [0.25, 0.3) is 11.6 Å². The number of aryl methyl sites for hydroxylation is 1. The van der Waals surface area contributed by atoms with Gasteiger partial charge in [0.05, 0.1) is 22.6 Å². The molecule has 0 aliphatic carbocycles. The van der Waals surface area contributed by atoms with Gasteiger partial charge in [-0.05, 0) is 45.0 Å². The molecule has 28 heavy (non-hydrogen) atoms. The van der Waals surface area contributed by atoms with Crippen LogP contribution in [0.25, 0.3) is 0 Å². The number of methoxy groups -OCH3 is 1. The molecule has 9 nitrogen and oxygen atoms in total. The number of amides is 1. The zero-order valence-corrected chi connectivity index (χ0v) is 16.7. The molecule has 0 bridgehead atoms. The van der Waals surface area contributed by atoms with Gasteiger partial charge in [0.15, 0.2) is 0 Å². The number of hydrogen-bond donors (Lipinski definition) is 2. The van der Waals surface area contributed by atoms with Gasteiger partial charge in [-0.25, -0.2) is 13.1 Å². The van der Waals surface area contributed by atoms with E-state index in [-0.39, 0.29) is 33.6 Å². The van der Waals surface area contributed by atoms with Crippen LogP contribution in [-0.2, 0) is 10.0 Å². The number of carbonyl (C=O) groups excluding carboxylic acids is 1. The summed E-state index contributed by atoms with van der Waals surface area (Å²) in [5.41, 5.74) is 0.430. The predicted octanol–water partition coefficient (Wildman–Crippen LogP) is 2.85. The Morgan fingerprint density at radius 2 is 1.86 bits per heavy atom. The van der Waals surface area contributed by atoms with Crippen molar-refractivity contribution in [2.45, 2.75) is 31.7 Å². The zero-order chi connectivity index (χ0) is 21.1. The second-order valence-corrected chi connectivity index (χ2v) is 8.06. The van der Waals surface area contributed by atoms with Gasteiger partial charge < -0.3 is 10.1 Å². The molecule has 0 aliphatic rings. The number of nitro benzene ring substituents is 1. The Morgan fingerprint density at radius 3 is 2.43 bits per heavy atom. The Labute approximate surface area is 162 Å². The lowest BCUT2D eigenvalue weighted by Gasteiger charge is -2.14. The quantitative estimate of drug-likeness (QED) is 0.537. The number of benzene rings is 2. The van der Waals surface area contributed by atoms with Gasteiger partial charge in [0.1, 0.15) is 5.75 Å². The van der Waals surface area contributed by atoms with Crippen molar-refractivity contribution in [1.29, 1.82) is 0 Å². The predicted molar refractivity (Wildman–Crippen MR) is 104 cm³/mol. The maximum absolute atomic E-state index is 12.6. The topological polar surface area (TPSA) is 128 Å². The van der Waals surface area contributed by atoms with E-state index in [0.29, 0.717) is 5.56 Å². The average Bonchev–Trinajstić information content (AvgIpc) is 2.60. The van der Waals surface area contributed by atoms with E-state index in [4.69, 9.17) is 4.74 Å². The number of sulfonamides is 1. The van der Waals surface area contributed by atoms with Gasteiger partial charge in [0.2, 0.25) is 10.0 Å². The van der Waals surface area contributed by atoms with Crippen LogP contribution in [0.15, 0.2) is 41.3 Å². The van der Waals surface area contributed by atoms with E-state index in [1.54, 1.807) is 20.8 Å². The highest BCUT2D eigenvalue weighted by Crippen LogP contribution is 2.28. The average molecular weight is 407 g/mol. The SMILES string of the molecule is COc1ccc(S(=O)(=O)NC(C)C)cc1NC(=O)c1ccc(C)c([N+](=O)[O-])c1. The first kappa shape index (κ1) is 21.3. The van der Waals surface area contributed by atoms with Gasteiger partial charge in [-0.2, -0.15) is 0 Å². The van der Waals surface area contributed by atoms with E-state index >= 15 is 0 Å². The molecule has 2 rings (SSSR count). The number of ether oxygens (including phenoxy) is 1. The highest BCUT2D eigenvalue weighted by atomic mass is 32.2. The molecule has 0 aromatic heterocycles. The van der Waals surface area contributed by atoms with Crippen LogP contribution in [0.2, 0.25) is 0 Å². The molecule has 10 heteroatoms. The molecular weight excluding hydrogens is 386 g/mol. The largest absolute Gasteiger partial charge is 0.495 e. The van der Waals surface area contributed by atoms with E-state index in [2.05, 4.69) is 10.0 Å². The van der Waals surface area contributed by atoms with Gasteiger partial charge in [-0.3, -0.25) is 14.9 Å². The minimum atomic E-state index is -3.78. The maximum atomic E-state index is 12.6. The minimum Gasteiger partial charge on any atom is -0.495 e. The summed E-state index contributed by atoms with van der Waals surface area (Å²) in [6, 6.07) is 7.82. The van der Waals surface area contributed by atoms with E-state index < -0.39 is 20.9 Å².